The zero-order valence-electron chi connectivity index (χ0n) is 20.2. The van der Waals surface area contributed by atoms with Crippen LogP contribution in [0.25, 0.3) is 5.69 Å². The lowest BCUT2D eigenvalue weighted by Crippen LogP contribution is -2.39. The number of thiocarbonyl (C=S) groups is 1. The molecule has 2 saturated heterocycles. The third-order valence-electron chi connectivity index (χ3n) is 6.68. The van der Waals surface area contributed by atoms with Crippen molar-refractivity contribution in [3.05, 3.63) is 78.4 Å². The van der Waals surface area contributed by atoms with Crippen LogP contribution in [0.15, 0.2) is 67.0 Å². The van der Waals surface area contributed by atoms with Gasteiger partial charge in [0.25, 0.3) is 0 Å². The molecule has 0 amide bonds. The minimum atomic E-state index is -0.0246. The van der Waals surface area contributed by atoms with Gasteiger partial charge in [-0.05, 0) is 74.1 Å². The number of benzene rings is 1. The fourth-order valence-corrected chi connectivity index (χ4v) is 5.33. The quantitative estimate of drug-likeness (QED) is 0.455. The Balaban J connectivity index is 1.42. The van der Waals surface area contributed by atoms with Gasteiger partial charge in [0.1, 0.15) is 5.75 Å². The Morgan fingerprint density at radius 1 is 1.06 bits per heavy atom. The molecule has 2 aliphatic rings. The van der Waals surface area contributed by atoms with Crippen LogP contribution in [-0.2, 0) is 4.74 Å². The molecule has 184 valence electrons. The maximum Gasteiger partial charge on any atom is 0.170 e. The van der Waals surface area contributed by atoms with Crippen molar-refractivity contribution in [1.29, 1.82) is 0 Å². The van der Waals surface area contributed by atoms with Gasteiger partial charge in [0.05, 0.1) is 37.6 Å². The van der Waals surface area contributed by atoms with Gasteiger partial charge in [0, 0.05) is 50.0 Å². The Labute approximate surface area is 212 Å². The molecule has 7 nitrogen and oxygen atoms in total. The van der Waals surface area contributed by atoms with E-state index in [0.717, 1.165) is 68.1 Å². The van der Waals surface area contributed by atoms with Crippen LogP contribution in [0.3, 0.4) is 0 Å². The molecule has 0 bridgehead atoms. The summed E-state index contributed by atoms with van der Waals surface area (Å²) in [7, 11) is 0. The van der Waals surface area contributed by atoms with E-state index in [1.54, 1.807) is 0 Å². The van der Waals surface area contributed by atoms with E-state index in [1.165, 1.54) is 5.69 Å². The van der Waals surface area contributed by atoms with Gasteiger partial charge >= 0.3 is 0 Å². The summed E-state index contributed by atoms with van der Waals surface area (Å²) in [6.45, 7) is 8.23. The number of rotatable bonds is 9. The number of pyridine rings is 1. The molecule has 1 N–H and O–H groups in total. The van der Waals surface area contributed by atoms with Crippen molar-refractivity contribution in [2.75, 3.05) is 46.0 Å². The monoisotopic (exact) mass is 491 g/mol. The van der Waals surface area contributed by atoms with Crippen molar-refractivity contribution in [2.45, 2.75) is 25.4 Å². The number of aromatic nitrogens is 2. The smallest absolute Gasteiger partial charge is 0.170 e. The molecule has 0 aliphatic carbocycles. The average molecular weight is 492 g/mol. The van der Waals surface area contributed by atoms with E-state index in [0.29, 0.717) is 6.61 Å². The first-order chi connectivity index (χ1) is 17.2. The first-order valence-corrected chi connectivity index (χ1v) is 12.8. The summed E-state index contributed by atoms with van der Waals surface area (Å²) in [5.41, 5.74) is 3.28. The first-order valence-electron chi connectivity index (χ1n) is 12.4. The predicted octanol–water partition coefficient (Wildman–Crippen LogP) is 3.97. The summed E-state index contributed by atoms with van der Waals surface area (Å²) in [6, 6.07) is 18.6. The zero-order valence-corrected chi connectivity index (χ0v) is 21.0. The molecule has 1 aromatic carbocycles. The molecule has 5 rings (SSSR count). The molecule has 0 saturated carbocycles. The molecule has 2 aromatic heterocycles. The molecule has 0 radical (unpaired) electrons. The van der Waals surface area contributed by atoms with Crippen LogP contribution in [0.1, 0.15) is 36.8 Å². The van der Waals surface area contributed by atoms with Crippen molar-refractivity contribution in [2.24, 2.45) is 0 Å². The molecule has 0 unspecified atom stereocenters. The van der Waals surface area contributed by atoms with E-state index in [2.05, 4.69) is 61.2 Å². The van der Waals surface area contributed by atoms with E-state index >= 15 is 0 Å². The Bertz CT molecular complexity index is 1100. The van der Waals surface area contributed by atoms with Crippen LogP contribution in [0, 0.1) is 0 Å². The highest BCUT2D eigenvalue weighted by Gasteiger charge is 2.41. The van der Waals surface area contributed by atoms with Crippen LogP contribution >= 0.6 is 12.2 Å². The molecule has 8 heteroatoms. The van der Waals surface area contributed by atoms with Gasteiger partial charge in [-0.2, -0.15) is 0 Å². The molecular formula is C27H33N5O2S. The van der Waals surface area contributed by atoms with Gasteiger partial charge in [-0.1, -0.05) is 6.07 Å². The van der Waals surface area contributed by atoms with Gasteiger partial charge in [0.2, 0.25) is 0 Å². The van der Waals surface area contributed by atoms with Crippen molar-refractivity contribution in [3.63, 3.8) is 0 Å². The topological polar surface area (TPSA) is 54.8 Å². The van der Waals surface area contributed by atoms with Crippen LogP contribution in [0.2, 0.25) is 0 Å². The van der Waals surface area contributed by atoms with Crippen LogP contribution in [-0.4, -0.2) is 70.5 Å². The van der Waals surface area contributed by atoms with Crippen LogP contribution < -0.4 is 10.1 Å². The van der Waals surface area contributed by atoms with Crippen LogP contribution in [0.4, 0.5) is 0 Å². The largest absolute Gasteiger partial charge is 0.494 e. The van der Waals surface area contributed by atoms with Crippen LogP contribution in [0.5, 0.6) is 5.75 Å². The van der Waals surface area contributed by atoms with Gasteiger partial charge in [-0.3, -0.25) is 9.88 Å². The number of hydrogen-bond donors (Lipinski definition) is 1. The van der Waals surface area contributed by atoms with E-state index < -0.39 is 0 Å². The Morgan fingerprint density at radius 2 is 1.89 bits per heavy atom. The number of nitrogens with one attached hydrogen (secondary N) is 1. The highest BCUT2D eigenvalue weighted by Crippen LogP contribution is 2.39. The molecule has 2 fully saturated rings. The summed E-state index contributed by atoms with van der Waals surface area (Å²) in [5.74, 6) is 0.879. The number of nitrogens with zero attached hydrogens (tertiary/aromatic N) is 4. The van der Waals surface area contributed by atoms with E-state index in [9.17, 15) is 0 Å². The number of morpholine rings is 1. The number of ether oxygens (including phenoxy) is 2. The average Bonchev–Trinajstić information content (AvgIpc) is 3.50. The molecule has 2 atom stereocenters. The summed E-state index contributed by atoms with van der Waals surface area (Å²) in [5, 5.41) is 4.36. The maximum absolute atomic E-state index is 5.87. The highest BCUT2D eigenvalue weighted by molar-refractivity contribution is 7.80. The van der Waals surface area contributed by atoms with Crippen molar-refractivity contribution in [1.82, 2.24) is 24.7 Å². The van der Waals surface area contributed by atoms with Gasteiger partial charge in [-0.15, -0.1) is 0 Å². The second kappa shape index (κ2) is 11.2. The fraction of sp³-hybridized carbons (Fsp3) is 0.407. The lowest BCUT2D eigenvalue weighted by Gasteiger charge is -2.31. The normalized spacial score (nSPS) is 20.7. The number of hydrogen-bond acceptors (Lipinski definition) is 5. The summed E-state index contributed by atoms with van der Waals surface area (Å²) in [6.07, 6.45) is 5.01. The minimum Gasteiger partial charge on any atom is -0.494 e. The molecule has 3 aromatic rings. The third-order valence-corrected chi connectivity index (χ3v) is 7.04. The molecule has 2 aliphatic heterocycles. The fourth-order valence-electron chi connectivity index (χ4n) is 5.00. The van der Waals surface area contributed by atoms with Gasteiger partial charge < -0.3 is 24.3 Å². The zero-order chi connectivity index (χ0) is 24.0. The Morgan fingerprint density at radius 3 is 2.63 bits per heavy atom. The molecule has 4 heterocycles. The van der Waals surface area contributed by atoms with E-state index in [4.69, 9.17) is 21.7 Å². The van der Waals surface area contributed by atoms with E-state index in [1.807, 2.05) is 37.4 Å². The maximum atomic E-state index is 5.87. The first kappa shape index (κ1) is 23.8. The SMILES string of the molecule is CCOc1ccc(-n2cccc2[C@H]2[C@H](c3ccccn3)NC(=S)N2CCCN2CCOCC2)cc1. The molecule has 0 spiro atoms. The Kier molecular flexibility index (Phi) is 7.61. The van der Waals surface area contributed by atoms with E-state index in [-0.39, 0.29) is 12.1 Å². The summed E-state index contributed by atoms with van der Waals surface area (Å²) in [4.78, 5) is 9.50. The lowest BCUT2D eigenvalue weighted by atomic mass is 10.0. The van der Waals surface area contributed by atoms with Gasteiger partial charge in [0.15, 0.2) is 5.11 Å². The predicted molar refractivity (Wildman–Crippen MR) is 141 cm³/mol. The lowest BCUT2D eigenvalue weighted by molar-refractivity contribution is 0.0365. The van der Waals surface area contributed by atoms with Crippen molar-refractivity contribution < 1.29 is 9.47 Å². The summed E-state index contributed by atoms with van der Waals surface area (Å²) < 4.78 is 13.4. The molecular weight excluding hydrogens is 458 g/mol. The summed E-state index contributed by atoms with van der Waals surface area (Å²) >= 11 is 5.87. The Hall–Kier alpha value is -2.94. The third kappa shape index (κ3) is 5.34. The van der Waals surface area contributed by atoms with Gasteiger partial charge in [-0.25, -0.2) is 0 Å². The highest BCUT2D eigenvalue weighted by atomic mass is 32.1. The minimum absolute atomic E-state index is 0.0246. The van der Waals surface area contributed by atoms with Crippen molar-refractivity contribution >= 4 is 17.3 Å². The second-order valence-corrected chi connectivity index (χ2v) is 9.24. The second-order valence-electron chi connectivity index (χ2n) is 8.86. The van der Waals surface area contributed by atoms with Crippen molar-refractivity contribution in [3.8, 4) is 11.4 Å². The molecule has 35 heavy (non-hydrogen) atoms. The standard InChI is InChI=1S/C27H33N5O2S/c1-2-34-22-11-9-21(10-12-22)31-15-5-8-24(31)26-25(23-7-3-4-13-28-23)29-27(35)32(26)16-6-14-30-17-19-33-20-18-30/h3-5,7-13,15,25-26H,2,6,14,16-20H2,1H3,(H,29,35)/t25-,26-/m0/s1.